The van der Waals surface area contributed by atoms with Crippen LogP contribution in [0.25, 0.3) is 0 Å². The van der Waals surface area contributed by atoms with Crippen molar-refractivity contribution in [1.29, 1.82) is 0 Å². The number of hydrogen-bond donors (Lipinski definition) is 1. The van der Waals surface area contributed by atoms with E-state index < -0.39 is 17.8 Å². The highest BCUT2D eigenvalue weighted by Gasteiger charge is 2.35. The van der Waals surface area contributed by atoms with Gasteiger partial charge >= 0.3 is 0 Å². The third-order valence-electron chi connectivity index (χ3n) is 6.10. The third kappa shape index (κ3) is 5.15. The summed E-state index contributed by atoms with van der Waals surface area (Å²) in [6.45, 7) is 6.91. The average molecular weight is 440 g/mol. The van der Waals surface area contributed by atoms with Crippen molar-refractivity contribution in [2.75, 3.05) is 19.6 Å². The molecular formula is C25H30FN3O3. The van der Waals surface area contributed by atoms with E-state index in [1.165, 1.54) is 18.2 Å². The molecule has 3 unspecified atom stereocenters. The van der Waals surface area contributed by atoms with E-state index in [0.29, 0.717) is 31.6 Å². The summed E-state index contributed by atoms with van der Waals surface area (Å²) in [6.07, 6.45) is 0.677. The summed E-state index contributed by atoms with van der Waals surface area (Å²) >= 11 is 0. The zero-order chi connectivity index (χ0) is 23.3. The molecule has 3 rings (SSSR count). The molecule has 3 atom stereocenters. The summed E-state index contributed by atoms with van der Waals surface area (Å²) < 4.78 is 14.0. The van der Waals surface area contributed by atoms with Crippen LogP contribution >= 0.6 is 0 Å². The Morgan fingerprint density at radius 1 is 1.06 bits per heavy atom. The molecule has 7 heteroatoms. The van der Waals surface area contributed by atoms with Crippen LogP contribution in [0, 0.1) is 11.7 Å². The summed E-state index contributed by atoms with van der Waals surface area (Å²) in [4.78, 5) is 42.3. The monoisotopic (exact) mass is 439 g/mol. The summed E-state index contributed by atoms with van der Waals surface area (Å²) in [5.74, 6) is -1.62. The number of rotatable bonds is 6. The van der Waals surface area contributed by atoms with Crippen molar-refractivity contribution in [3.05, 3.63) is 71.5 Å². The molecule has 170 valence electrons. The van der Waals surface area contributed by atoms with Crippen LogP contribution in [0.3, 0.4) is 0 Å². The van der Waals surface area contributed by atoms with Gasteiger partial charge in [-0.05, 0) is 37.1 Å². The lowest BCUT2D eigenvalue weighted by Gasteiger charge is -2.41. The Balaban J connectivity index is 1.70. The fraction of sp³-hybridized carbons (Fsp3) is 0.400. The van der Waals surface area contributed by atoms with E-state index in [0.717, 1.165) is 0 Å². The highest BCUT2D eigenvalue weighted by molar-refractivity contribution is 5.98. The number of hydrogen-bond acceptors (Lipinski definition) is 3. The summed E-state index contributed by atoms with van der Waals surface area (Å²) in [6, 6.07) is 13.9. The van der Waals surface area contributed by atoms with Crippen LogP contribution in [0.5, 0.6) is 0 Å². The zero-order valence-corrected chi connectivity index (χ0v) is 18.8. The molecular weight excluding hydrogens is 409 g/mol. The summed E-state index contributed by atoms with van der Waals surface area (Å²) in [5.41, 5.74) is 0.536. The predicted molar refractivity (Wildman–Crippen MR) is 121 cm³/mol. The maximum Gasteiger partial charge on any atom is 0.254 e. The van der Waals surface area contributed by atoms with Gasteiger partial charge in [-0.25, -0.2) is 4.39 Å². The van der Waals surface area contributed by atoms with Gasteiger partial charge in [0.15, 0.2) is 0 Å². The van der Waals surface area contributed by atoms with E-state index in [2.05, 4.69) is 5.32 Å². The largest absolute Gasteiger partial charge is 0.340 e. The Morgan fingerprint density at radius 2 is 1.72 bits per heavy atom. The number of piperazine rings is 1. The Hall–Kier alpha value is -3.22. The second-order valence-corrected chi connectivity index (χ2v) is 8.31. The van der Waals surface area contributed by atoms with E-state index >= 15 is 0 Å². The van der Waals surface area contributed by atoms with Crippen molar-refractivity contribution in [3.8, 4) is 0 Å². The standard InChI is InChI=1S/C25H30FN3O3/c1-4-17(2)22(27-23(30)20-12-8-9-13-21(20)26)25(32)28-14-15-29(18(3)16-28)24(31)19-10-6-5-7-11-19/h5-13,17-18,22H,4,14-16H2,1-3H3,(H,27,30). The van der Waals surface area contributed by atoms with Gasteiger partial charge in [-0.3, -0.25) is 14.4 Å². The predicted octanol–water partition coefficient (Wildman–Crippen LogP) is 3.34. The van der Waals surface area contributed by atoms with Crippen molar-refractivity contribution in [3.63, 3.8) is 0 Å². The Kier molecular flexibility index (Phi) is 7.62. The normalized spacial score (nSPS) is 18.1. The summed E-state index contributed by atoms with van der Waals surface area (Å²) in [5, 5.41) is 2.75. The molecule has 32 heavy (non-hydrogen) atoms. The molecule has 2 aromatic carbocycles. The van der Waals surface area contributed by atoms with Gasteiger partial charge in [0.2, 0.25) is 5.91 Å². The molecule has 1 aliphatic rings. The first-order chi connectivity index (χ1) is 15.3. The molecule has 1 N–H and O–H groups in total. The molecule has 1 heterocycles. The van der Waals surface area contributed by atoms with E-state index in [1.807, 2.05) is 39.0 Å². The van der Waals surface area contributed by atoms with Gasteiger partial charge in [-0.1, -0.05) is 50.6 Å². The van der Waals surface area contributed by atoms with Gasteiger partial charge in [0, 0.05) is 31.2 Å². The Labute approximate surface area is 188 Å². The second kappa shape index (κ2) is 10.4. The lowest BCUT2D eigenvalue weighted by Crippen LogP contribution is -2.60. The number of carbonyl (C=O) groups is 3. The quantitative estimate of drug-likeness (QED) is 0.751. The van der Waals surface area contributed by atoms with Crippen LogP contribution in [-0.2, 0) is 4.79 Å². The number of nitrogens with zero attached hydrogens (tertiary/aromatic N) is 2. The van der Waals surface area contributed by atoms with Crippen LogP contribution < -0.4 is 5.32 Å². The van der Waals surface area contributed by atoms with Gasteiger partial charge < -0.3 is 15.1 Å². The highest BCUT2D eigenvalue weighted by Crippen LogP contribution is 2.18. The van der Waals surface area contributed by atoms with Gasteiger partial charge in [-0.15, -0.1) is 0 Å². The molecule has 0 saturated carbocycles. The van der Waals surface area contributed by atoms with E-state index in [9.17, 15) is 18.8 Å². The minimum atomic E-state index is -0.768. The molecule has 0 bridgehead atoms. The number of nitrogens with one attached hydrogen (secondary N) is 1. The molecule has 0 spiro atoms. The lowest BCUT2D eigenvalue weighted by atomic mass is 9.96. The maximum atomic E-state index is 14.0. The topological polar surface area (TPSA) is 69.7 Å². The fourth-order valence-corrected chi connectivity index (χ4v) is 3.95. The van der Waals surface area contributed by atoms with Crippen molar-refractivity contribution in [2.45, 2.75) is 39.3 Å². The molecule has 0 aliphatic carbocycles. The third-order valence-corrected chi connectivity index (χ3v) is 6.10. The maximum absolute atomic E-state index is 14.0. The van der Waals surface area contributed by atoms with Gasteiger partial charge in [0.05, 0.1) is 5.56 Å². The second-order valence-electron chi connectivity index (χ2n) is 8.31. The first kappa shape index (κ1) is 23.4. The molecule has 0 radical (unpaired) electrons. The Morgan fingerprint density at radius 3 is 2.34 bits per heavy atom. The lowest BCUT2D eigenvalue weighted by molar-refractivity contribution is -0.137. The molecule has 1 saturated heterocycles. The van der Waals surface area contributed by atoms with Crippen LogP contribution in [-0.4, -0.2) is 59.2 Å². The van der Waals surface area contributed by atoms with E-state index in [-0.39, 0.29) is 29.3 Å². The number of amides is 3. The smallest absolute Gasteiger partial charge is 0.254 e. The summed E-state index contributed by atoms with van der Waals surface area (Å²) in [7, 11) is 0. The minimum absolute atomic E-state index is 0.0588. The van der Waals surface area contributed by atoms with Gasteiger partial charge in [-0.2, -0.15) is 0 Å². The SMILES string of the molecule is CCC(C)C(NC(=O)c1ccccc1F)C(=O)N1CCN(C(=O)c2ccccc2)C(C)C1. The van der Waals surface area contributed by atoms with Crippen molar-refractivity contribution < 1.29 is 18.8 Å². The molecule has 0 aromatic heterocycles. The first-order valence-electron chi connectivity index (χ1n) is 11.0. The highest BCUT2D eigenvalue weighted by atomic mass is 19.1. The van der Waals surface area contributed by atoms with Crippen LogP contribution in [0.1, 0.15) is 47.9 Å². The molecule has 1 fully saturated rings. The number of benzene rings is 2. The molecule has 2 aromatic rings. The zero-order valence-electron chi connectivity index (χ0n) is 18.8. The Bertz CT molecular complexity index is 966. The van der Waals surface area contributed by atoms with E-state index in [1.54, 1.807) is 28.0 Å². The van der Waals surface area contributed by atoms with Crippen molar-refractivity contribution in [2.24, 2.45) is 5.92 Å². The first-order valence-corrected chi connectivity index (χ1v) is 11.0. The molecule has 6 nitrogen and oxygen atoms in total. The van der Waals surface area contributed by atoms with E-state index in [4.69, 9.17) is 0 Å². The number of halogens is 1. The van der Waals surface area contributed by atoms with Gasteiger partial charge in [0.25, 0.3) is 11.8 Å². The molecule has 1 aliphatic heterocycles. The molecule has 3 amide bonds. The van der Waals surface area contributed by atoms with Gasteiger partial charge in [0.1, 0.15) is 11.9 Å². The van der Waals surface area contributed by atoms with Crippen LogP contribution in [0.4, 0.5) is 4.39 Å². The van der Waals surface area contributed by atoms with Crippen molar-refractivity contribution in [1.82, 2.24) is 15.1 Å². The minimum Gasteiger partial charge on any atom is -0.340 e. The average Bonchev–Trinajstić information content (AvgIpc) is 2.81. The van der Waals surface area contributed by atoms with Crippen LogP contribution in [0.15, 0.2) is 54.6 Å². The number of carbonyl (C=O) groups excluding carboxylic acids is 3. The van der Waals surface area contributed by atoms with Crippen LogP contribution in [0.2, 0.25) is 0 Å². The fourth-order valence-electron chi connectivity index (χ4n) is 3.95. The van der Waals surface area contributed by atoms with Crippen molar-refractivity contribution >= 4 is 17.7 Å².